The molecule has 3 aromatic carbocycles. The third-order valence-electron chi connectivity index (χ3n) is 5.42. The summed E-state index contributed by atoms with van der Waals surface area (Å²) in [6.07, 6.45) is 3.59. The minimum Gasteiger partial charge on any atom is -0.494 e. The third kappa shape index (κ3) is 4.71. The molecule has 0 unspecified atom stereocenters. The molecule has 33 heavy (non-hydrogen) atoms. The van der Waals surface area contributed by atoms with Gasteiger partial charge in [0.1, 0.15) is 11.6 Å². The molecule has 0 fully saturated rings. The first-order valence-corrected chi connectivity index (χ1v) is 12.4. The molecule has 170 valence electrons. The first-order chi connectivity index (χ1) is 15.7. The minimum absolute atomic E-state index is 0.0599. The highest BCUT2D eigenvalue weighted by atomic mass is 32.2. The van der Waals surface area contributed by atoms with E-state index in [2.05, 4.69) is 25.8 Å². The quantitative estimate of drug-likeness (QED) is 0.347. The molecule has 6 heteroatoms. The largest absolute Gasteiger partial charge is 0.494 e. The number of benzene rings is 3. The highest BCUT2D eigenvalue weighted by molar-refractivity contribution is 7.90. The molecule has 0 spiro atoms. The van der Waals surface area contributed by atoms with E-state index in [0.717, 1.165) is 16.9 Å². The molecule has 1 heterocycles. The van der Waals surface area contributed by atoms with Gasteiger partial charge >= 0.3 is 0 Å². The number of aromatic nitrogens is 2. The summed E-state index contributed by atoms with van der Waals surface area (Å²) in [6.45, 7) is 8.85. The van der Waals surface area contributed by atoms with Crippen molar-refractivity contribution < 1.29 is 13.2 Å². The SMILES string of the molecule is CCOc1ccc(/C=C/c2nc3ccccc3n2S(=O)(=O)c2ccc(C(C)(C)C)cc2)cc1. The van der Waals surface area contributed by atoms with Crippen LogP contribution in [0.4, 0.5) is 0 Å². The lowest BCUT2D eigenvalue weighted by Crippen LogP contribution is -2.16. The van der Waals surface area contributed by atoms with Crippen molar-refractivity contribution >= 4 is 33.2 Å². The fraction of sp³-hybridized carbons (Fsp3) is 0.222. The zero-order valence-electron chi connectivity index (χ0n) is 19.3. The number of rotatable bonds is 6. The molecule has 0 N–H and O–H groups in total. The molecular formula is C27H28N2O3S. The number of hydrogen-bond acceptors (Lipinski definition) is 4. The number of para-hydroxylation sites is 2. The van der Waals surface area contributed by atoms with E-state index in [9.17, 15) is 8.42 Å². The fourth-order valence-electron chi connectivity index (χ4n) is 3.63. The van der Waals surface area contributed by atoms with Gasteiger partial charge < -0.3 is 4.74 Å². The Hall–Kier alpha value is -3.38. The Balaban J connectivity index is 1.77. The minimum atomic E-state index is -3.85. The number of hydrogen-bond donors (Lipinski definition) is 0. The van der Waals surface area contributed by atoms with E-state index in [0.29, 0.717) is 23.5 Å². The van der Waals surface area contributed by atoms with Crippen molar-refractivity contribution in [3.63, 3.8) is 0 Å². The summed E-state index contributed by atoms with van der Waals surface area (Å²) < 4.78 is 34.2. The van der Waals surface area contributed by atoms with Crippen LogP contribution in [-0.4, -0.2) is 24.0 Å². The Morgan fingerprint density at radius 2 is 1.58 bits per heavy atom. The summed E-state index contributed by atoms with van der Waals surface area (Å²) in [5.74, 6) is 1.15. The van der Waals surface area contributed by atoms with Crippen molar-refractivity contribution in [3.8, 4) is 5.75 Å². The number of nitrogens with zero attached hydrogens (tertiary/aromatic N) is 2. The van der Waals surface area contributed by atoms with Gasteiger partial charge in [-0.3, -0.25) is 0 Å². The zero-order chi connectivity index (χ0) is 23.6. The fourth-order valence-corrected chi connectivity index (χ4v) is 5.08. The molecule has 1 aromatic heterocycles. The standard InChI is InChI=1S/C27H28N2O3S/c1-5-32-22-15-10-20(11-16-22)12-19-26-28-24-8-6-7-9-25(24)29(26)33(30,31)23-17-13-21(14-18-23)27(2,3)4/h6-19H,5H2,1-4H3/b19-12+. The summed E-state index contributed by atoms with van der Waals surface area (Å²) in [4.78, 5) is 4.83. The van der Waals surface area contributed by atoms with Gasteiger partial charge in [-0.05, 0) is 65.9 Å². The van der Waals surface area contributed by atoms with Gasteiger partial charge in [0, 0.05) is 0 Å². The Morgan fingerprint density at radius 3 is 2.21 bits per heavy atom. The van der Waals surface area contributed by atoms with Crippen LogP contribution >= 0.6 is 0 Å². The van der Waals surface area contributed by atoms with Gasteiger partial charge in [0.2, 0.25) is 0 Å². The number of fused-ring (bicyclic) bond motifs is 1. The molecule has 0 saturated heterocycles. The van der Waals surface area contributed by atoms with E-state index in [1.165, 1.54) is 3.97 Å². The Morgan fingerprint density at radius 1 is 0.909 bits per heavy atom. The van der Waals surface area contributed by atoms with Gasteiger partial charge in [-0.1, -0.05) is 63.2 Å². The molecule has 4 aromatic rings. The molecule has 0 amide bonds. The van der Waals surface area contributed by atoms with Crippen LogP contribution in [0.15, 0.2) is 77.7 Å². The van der Waals surface area contributed by atoms with Crippen molar-refractivity contribution in [2.24, 2.45) is 0 Å². The molecule has 0 aliphatic carbocycles. The predicted molar refractivity (Wildman–Crippen MR) is 134 cm³/mol. The van der Waals surface area contributed by atoms with E-state index in [-0.39, 0.29) is 10.3 Å². The molecule has 0 aliphatic heterocycles. The van der Waals surface area contributed by atoms with Crippen LogP contribution in [0, 0.1) is 0 Å². The second kappa shape index (κ2) is 8.87. The molecule has 0 saturated carbocycles. The van der Waals surface area contributed by atoms with Crippen molar-refractivity contribution in [2.45, 2.75) is 38.0 Å². The molecule has 4 rings (SSSR count). The Labute approximate surface area is 195 Å². The van der Waals surface area contributed by atoms with Gasteiger partial charge in [-0.2, -0.15) is 0 Å². The highest BCUT2D eigenvalue weighted by Crippen LogP contribution is 2.27. The van der Waals surface area contributed by atoms with Crippen LogP contribution in [0.5, 0.6) is 5.75 Å². The lowest BCUT2D eigenvalue weighted by atomic mass is 9.87. The third-order valence-corrected chi connectivity index (χ3v) is 7.15. The maximum absolute atomic E-state index is 13.7. The van der Waals surface area contributed by atoms with Gasteiger partial charge in [-0.15, -0.1) is 0 Å². The summed E-state index contributed by atoms with van der Waals surface area (Å²) in [5, 5.41) is 0. The lowest BCUT2D eigenvalue weighted by Gasteiger charge is -2.19. The van der Waals surface area contributed by atoms with Gasteiger partial charge in [0.25, 0.3) is 10.0 Å². The molecule has 0 radical (unpaired) electrons. The zero-order valence-corrected chi connectivity index (χ0v) is 20.1. The highest BCUT2D eigenvalue weighted by Gasteiger charge is 2.24. The van der Waals surface area contributed by atoms with Gasteiger partial charge in [-0.25, -0.2) is 17.4 Å². The van der Waals surface area contributed by atoms with Gasteiger partial charge in [0.05, 0.1) is 22.5 Å². The maximum atomic E-state index is 13.7. The van der Waals surface area contributed by atoms with Crippen molar-refractivity contribution in [1.29, 1.82) is 0 Å². The lowest BCUT2D eigenvalue weighted by molar-refractivity contribution is 0.340. The average Bonchev–Trinajstić information content (AvgIpc) is 3.17. The first-order valence-electron chi connectivity index (χ1n) is 10.9. The second-order valence-corrected chi connectivity index (χ2v) is 10.6. The predicted octanol–water partition coefficient (Wildman–Crippen LogP) is 6.14. The van der Waals surface area contributed by atoms with E-state index in [4.69, 9.17) is 4.74 Å². The molecule has 0 aliphatic rings. The van der Waals surface area contributed by atoms with Gasteiger partial charge in [0.15, 0.2) is 0 Å². The summed E-state index contributed by atoms with van der Waals surface area (Å²) in [6, 6.07) is 22.0. The van der Waals surface area contributed by atoms with Crippen LogP contribution in [0.2, 0.25) is 0 Å². The molecule has 5 nitrogen and oxygen atoms in total. The normalized spacial score (nSPS) is 12.5. The van der Waals surface area contributed by atoms with E-state index in [1.54, 1.807) is 24.3 Å². The van der Waals surface area contributed by atoms with Crippen LogP contribution in [-0.2, 0) is 15.4 Å². The monoisotopic (exact) mass is 460 g/mol. The van der Waals surface area contributed by atoms with Crippen LogP contribution < -0.4 is 4.74 Å². The summed E-state index contributed by atoms with van der Waals surface area (Å²) in [5.41, 5.74) is 3.11. The smallest absolute Gasteiger partial charge is 0.269 e. The second-order valence-electron chi connectivity index (χ2n) is 8.84. The molecule has 0 bridgehead atoms. The maximum Gasteiger partial charge on any atom is 0.269 e. The summed E-state index contributed by atoms with van der Waals surface area (Å²) in [7, 11) is -3.85. The number of ether oxygens (including phenoxy) is 1. The van der Waals surface area contributed by atoms with E-state index in [1.807, 2.05) is 67.6 Å². The molecule has 0 atom stereocenters. The molecular weight excluding hydrogens is 432 g/mol. The average molecular weight is 461 g/mol. The number of imidazole rings is 1. The van der Waals surface area contributed by atoms with Crippen LogP contribution in [0.3, 0.4) is 0 Å². The Kier molecular flexibility index (Phi) is 6.13. The van der Waals surface area contributed by atoms with Crippen LogP contribution in [0.1, 0.15) is 44.6 Å². The van der Waals surface area contributed by atoms with Crippen molar-refractivity contribution in [2.75, 3.05) is 6.61 Å². The summed E-state index contributed by atoms with van der Waals surface area (Å²) >= 11 is 0. The van der Waals surface area contributed by atoms with Crippen molar-refractivity contribution in [3.05, 3.63) is 89.7 Å². The van der Waals surface area contributed by atoms with Crippen molar-refractivity contribution in [1.82, 2.24) is 8.96 Å². The first kappa shape index (κ1) is 22.8. The van der Waals surface area contributed by atoms with Crippen LogP contribution in [0.25, 0.3) is 23.2 Å². The van der Waals surface area contributed by atoms with E-state index < -0.39 is 10.0 Å². The van der Waals surface area contributed by atoms with E-state index >= 15 is 0 Å². The topological polar surface area (TPSA) is 61.2 Å². The Bertz CT molecular complexity index is 1390.